The lowest BCUT2D eigenvalue weighted by Crippen LogP contribution is -2.17. The molecule has 104 valence electrons. The number of carbonyl (C=O) groups excluding carboxylic acids is 2. The van der Waals surface area contributed by atoms with Crippen molar-refractivity contribution in [1.29, 1.82) is 0 Å². The van der Waals surface area contributed by atoms with Crippen LogP contribution in [-0.4, -0.2) is 30.4 Å². The van der Waals surface area contributed by atoms with Crippen LogP contribution in [0.3, 0.4) is 0 Å². The number of benzene rings is 1. The van der Waals surface area contributed by atoms with Gasteiger partial charge in [0.05, 0.1) is 0 Å². The molecule has 7 heteroatoms. The molecule has 0 heterocycles. The fraction of sp³-hybridized carbons (Fsp3) is 0.333. The molecule has 0 bridgehead atoms. The SMILES string of the molecule is CC(=O)Nc1cc(C)c(C(=O)CS(=O)(=O)O)cc1C. The second-order valence-electron chi connectivity index (χ2n) is 4.31. The van der Waals surface area contributed by atoms with Gasteiger partial charge in [0, 0.05) is 18.2 Å². The molecule has 1 amide bonds. The van der Waals surface area contributed by atoms with E-state index in [0.717, 1.165) is 0 Å². The van der Waals surface area contributed by atoms with Gasteiger partial charge >= 0.3 is 0 Å². The van der Waals surface area contributed by atoms with Gasteiger partial charge in [-0.3, -0.25) is 14.1 Å². The molecule has 0 atom stereocenters. The van der Waals surface area contributed by atoms with Gasteiger partial charge in [-0.1, -0.05) is 0 Å². The minimum absolute atomic E-state index is 0.212. The summed E-state index contributed by atoms with van der Waals surface area (Å²) in [6.07, 6.45) is 0. The lowest BCUT2D eigenvalue weighted by atomic mass is 10.0. The number of Topliss-reactive ketones (excluding diaryl/α,β-unsaturated/α-hetero) is 1. The number of anilines is 1. The molecule has 0 spiro atoms. The highest BCUT2D eigenvalue weighted by Gasteiger charge is 2.18. The van der Waals surface area contributed by atoms with Crippen LogP contribution < -0.4 is 5.32 Å². The van der Waals surface area contributed by atoms with Gasteiger partial charge < -0.3 is 5.32 Å². The van der Waals surface area contributed by atoms with Gasteiger partial charge in [0.15, 0.2) is 5.78 Å². The maximum absolute atomic E-state index is 11.7. The highest BCUT2D eigenvalue weighted by Crippen LogP contribution is 2.21. The Kier molecular flexibility index (Phi) is 4.43. The molecule has 0 fully saturated rings. The zero-order valence-corrected chi connectivity index (χ0v) is 11.7. The minimum atomic E-state index is -4.35. The molecule has 6 nitrogen and oxygen atoms in total. The standard InChI is InChI=1S/C12H15NO5S/c1-7-5-11(13-9(3)14)8(2)4-10(7)12(15)6-19(16,17)18/h4-5H,6H2,1-3H3,(H,13,14)(H,16,17,18). The van der Waals surface area contributed by atoms with Gasteiger partial charge in [0.1, 0.15) is 5.75 Å². The summed E-state index contributed by atoms with van der Waals surface area (Å²) in [5.74, 6) is -1.87. The fourth-order valence-electron chi connectivity index (χ4n) is 1.68. The number of nitrogens with one attached hydrogen (secondary N) is 1. The molecule has 0 saturated carbocycles. The third-order valence-corrected chi connectivity index (χ3v) is 3.12. The summed E-state index contributed by atoms with van der Waals surface area (Å²) in [4.78, 5) is 22.7. The Morgan fingerprint density at radius 3 is 2.26 bits per heavy atom. The quantitative estimate of drug-likeness (QED) is 0.642. The predicted molar refractivity (Wildman–Crippen MR) is 71.0 cm³/mol. The summed E-state index contributed by atoms with van der Waals surface area (Å²) in [6, 6.07) is 3.09. The van der Waals surface area contributed by atoms with Gasteiger partial charge in [0.2, 0.25) is 5.91 Å². The summed E-state index contributed by atoms with van der Waals surface area (Å²) in [7, 11) is -4.35. The number of hydrogen-bond donors (Lipinski definition) is 2. The Hall–Kier alpha value is -1.73. The largest absolute Gasteiger partial charge is 0.326 e. The van der Waals surface area contributed by atoms with E-state index in [0.29, 0.717) is 16.8 Å². The van der Waals surface area contributed by atoms with Crippen LogP contribution >= 0.6 is 0 Å². The Labute approximate surface area is 111 Å². The van der Waals surface area contributed by atoms with E-state index in [9.17, 15) is 18.0 Å². The number of aryl methyl sites for hydroxylation is 2. The van der Waals surface area contributed by atoms with Crippen molar-refractivity contribution in [3.05, 3.63) is 28.8 Å². The van der Waals surface area contributed by atoms with Crippen LogP contribution in [0.5, 0.6) is 0 Å². The number of amides is 1. The van der Waals surface area contributed by atoms with E-state index in [1.807, 2.05) is 0 Å². The molecule has 2 N–H and O–H groups in total. The third kappa shape index (κ3) is 4.46. The first-order chi connectivity index (χ1) is 8.60. The molecule has 0 aliphatic rings. The molecule has 1 aromatic carbocycles. The van der Waals surface area contributed by atoms with Crippen molar-refractivity contribution in [1.82, 2.24) is 0 Å². The number of carbonyl (C=O) groups is 2. The van der Waals surface area contributed by atoms with E-state index in [2.05, 4.69) is 5.32 Å². The first kappa shape index (κ1) is 15.3. The maximum atomic E-state index is 11.7. The summed E-state index contributed by atoms with van der Waals surface area (Å²) in [6.45, 7) is 4.68. The van der Waals surface area contributed by atoms with E-state index in [1.54, 1.807) is 19.9 Å². The zero-order chi connectivity index (χ0) is 14.8. The van der Waals surface area contributed by atoms with Crippen molar-refractivity contribution >= 4 is 27.5 Å². The van der Waals surface area contributed by atoms with Crippen LogP contribution in [0.2, 0.25) is 0 Å². The molecule has 19 heavy (non-hydrogen) atoms. The van der Waals surface area contributed by atoms with Gasteiger partial charge in [-0.2, -0.15) is 8.42 Å². The van der Waals surface area contributed by atoms with E-state index in [4.69, 9.17) is 4.55 Å². The average Bonchev–Trinajstić information content (AvgIpc) is 2.19. The Balaban J connectivity index is 3.15. The Morgan fingerprint density at radius 1 is 1.21 bits per heavy atom. The van der Waals surface area contributed by atoms with Crippen LogP contribution in [0.1, 0.15) is 28.4 Å². The normalized spacial score (nSPS) is 11.2. The maximum Gasteiger partial charge on any atom is 0.272 e. The number of hydrogen-bond acceptors (Lipinski definition) is 4. The van der Waals surface area contributed by atoms with Crippen molar-refractivity contribution < 1.29 is 22.6 Å². The van der Waals surface area contributed by atoms with E-state index < -0.39 is 21.7 Å². The number of rotatable bonds is 4. The lowest BCUT2D eigenvalue weighted by Gasteiger charge is -2.11. The minimum Gasteiger partial charge on any atom is -0.326 e. The number of ketones is 1. The first-order valence-corrected chi connectivity index (χ1v) is 7.08. The second-order valence-corrected chi connectivity index (χ2v) is 5.77. The van der Waals surface area contributed by atoms with E-state index >= 15 is 0 Å². The molecule has 0 aromatic heterocycles. The molecular formula is C12H15NO5S. The molecule has 0 unspecified atom stereocenters. The molecule has 1 aromatic rings. The van der Waals surface area contributed by atoms with Gasteiger partial charge in [-0.15, -0.1) is 0 Å². The summed E-state index contributed by atoms with van der Waals surface area (Å²) < 4.78 is 30.1. The molecule has 1 rings (SSSR count). The smallest absolute Gasteiger partial charge is 0.272 e. The molecule has 0 aliphatic carbocycles. The summed E-state index contributed by atoms with van der Waals surface area (Å²) >= 11 is 0. The monoisotopic (exact) mass is 285 g/mol. The summed E-state index contributed by atoms with van der Waals surface area (Å²) in [5.41, 5.74) is 1.94. The molecular weight excluding hydrogens is 270 g/mol. The highest BCUT2D eigenvalue weighted by atomic mass is 32.2. The Morgan fingerprint density at radius 2 is 1.79 bits per heavy atom. The van der Waals surface area contributed by atoms with Crippen molar-refractivity contribution in [2.24, 2.45) is 0 Å². The van der Waals surface area contributed by atoms with Crippen molar-refractivity contribution in [3.63, 3.8) is 0 Å². The van der Waals surface area contributed by atoms with Crippen LogP contribution in [0, 0.1) is 13.8 Å². The van der Waals surface area contributed by atoms with Crippen molar-refractivity contribution in [2.75, 3.05) is 11.1 Å². The van der Waals surface area contributed by atoms with Gasteiger partial charge in [0.25, 0.3) is 10.1 Å². The first-order valence-electron chi connectivity index (χ1n) is 5.47. The van der Waals surface area contributed by atoms with Gasteiger partial charge in [-0.05, 0) is 37.1 Å². The van der Waals surface area contributed by atoms with Crippen LogP contribution in [0.25, 0.3) is 0 Å². The topological polar surface area (TPSA) is 101 Å². The second kappa shape index (κ2) is 5.50. The van der Waals surface area contributed by atoms with Crippen molar-refractivity contribution in [2.45, 2.75) is 20.8 Å². The van der Waals surface area contributed by atoms with E-state index in [1.165, 1.54) is 13.0 Å². The zero-order valence-electron chi connectivity index (χ0n) is 10.9. The summed E-state index contributed by atoms with van der Waals surface area (Å²) in [5, 5.41) is 2.61. The van der Waals surface area contributed by atoms with Gasteiger partial charge in [-0.25, -0.2) is 0 Å². The molecule has 0 saturated heterocycles. The highest BCUT2D eigenvalue weighted by molar-refractivity contribution is 7.86. The Bertz CT molecular complexity index is 634. The van der Waals surface area contributed by atoms with Crippen LogP contribution in [-0.2, 0) is 14.9 Å². The molecule has 0 aliphatic heterocycles. The lowest BCUT2D eigenvalue weighted by molar-refractivity contribution is -0.114. The van der Waals surface area contributed by atoms with E-state index in [-0.39, 0.29) is 11.5 Å². The molecule has 0 radical (unpaired) electrons. The van der Waals surface area contributed by atoms with Crippen LogP contribution in [0.4, 0.5) is 5.69 Å². The third-order valence-electron chi connectivity index (χ3n) is 2.50. The predicted octanol–water partition coefficient (Wildman–Crippen LogP) is 1.33. The average molecular weight is 285 g/mol. The van der Waals surface area contributed by atoms with Crippen molar-refractivity contribution in [3.8, 4) is 0 Å². The fourth-order valence-corrected chi connectivity index (χ4v) is 2.17. The van der Waals surface area contributed by atoms with Crippen LogP contribution in [0.15, 0.2) is 12.1 Å².